The minimum atomic E-state index is -3.44. The lowest BCUT2D eigenvalue weighted by molar-refractivity contribution is 0.174. The van der Waals surface area contributed by atoms with Crippen LogP contribution in [0.2, 0.25) is 0 Å². The van der Waals surface area contributed by atoms with Crippen LogP contribution >= 0.6 is 7.60 Å². The van der Waals surface area contributed by atoms with E-state index >= 15 is 0 Å². The molecule has 4 aromatic rings. The highest BCUT2D eigenvalue weighted by Crippen LogP contribution is 2.46. The zero-order chi connectivity index (χ0) is 23.7. The number of ether oxygens (including phenoxy) is 3. The van der Waals surface area contributed by atoms with E-state index in [0.29, 0.717) is 45.2 Å². The van der Waals surface area contributed by atoms with Gasteiger partial charge < -0.3 is 23.7 Å². The van der Waals surface area contributed by atoms with Crippen LogP contribution in [0.4, 0.5) is 0 Å². The van der Waals surface area contributed by atoms with Crippen LogP contribution in [0, 0.1) is 0 Å². The molecule has 0 amide bonds. The van der Waals surface area contributed by atoms with E-state index < -0.39 is 7.60 Å². The molecule has 0 spiro atoms. The summed E-state index contributed by atoms with van der Waals surface area (Å²) in [6, 6.07) is 19.3. The van der Waals surface area contributed by atoms with Crippen molar-refractivity contribution in [3.63, 3.8) is 0 Å². The third kappa shape index (κ3) is 4.64. The molecular formula is C25H22NO7P. The first-order valence-electron chi connectivity index (χ1n) is 10.5. The van der Waals surface area contributed by atoms with Crippen LogP contribution in [0.15, 0.2) is 71.5 Å². The average Bonchev–Trinajstić information content (AvgIpc) is 3.29. The van der Waals surface area contributed by atoms with Crippen LogP contribution in [0.25, 0.3) is 22.2 Å². The molecule has 1 aliphatic rings. The average molecular weight is 479 g/mol. The summed E-state index contributed by atoms with van der Waals surface area (Å²) < 4.78 is 40.5. The quantitative estimate of drug-likeness (QED) is 0.357. The number of nitrogens with one attached hydrogen (secondary N) is 1. The fraction of sp³-hybridized carbons (Fsp3) is 0.160. The summed E-state index contributed by atoms with van der Waals surface area (Å²) in [7, 11) is -1.92. The molecule has 0 saturated heterocycles. The Morgan fingerprint density at radius 1 is 0.971 bits per heavy atom. The van der Waals surface area contributed by atoms with Gasteiger partial charge in [-0.05, 0) is 23.8 Å². The summed E-state index contributed by atoms with van der Waals surface area (Å²) in [5.41, 5.74) is 2.46. The lowest BCUT2D eigenvalue weighted by Gasteiger charge is -2.17. The zero-order valence-electron chi connectivity index (χ0n) is 18.6. The molecule has 8 nitrogen and oxygen atoms in total. The number of methoxy groups -OCH3 is 1. The Morgan fingerprint density at radius 3 is 2.47 bits per heavy atom. The Labute approximate surface area is 195 Å². The van der Waals surface area contributed by atoms with Gasteiger partial charge in [0, 0.05) is 41.5 Å². The number of H-pyrrole nitrogens is 1. The summed E-state index contributed by atoms with van der Waals surface area (Å²) in [5.74, 6) is 1.87. The Balaban J connectivity index is 1.46. The number of benzene rings is 3. The van der Waals surface area contributed by atoms with Crippen molar-refractivity contribution >= 4 is 18.5 Å². The smallest absolute Gasteiger partial charge is 0.376 e. The van der Waals surface area contributed by atoms with Crippen molar-refractivity contribution in [1.82, 2.24) is 4.98 Å². The van der Waals surface area contributed by atoms with Crippen molar-refractivity contribution in [2.75, 3.05) is 20.6 Å². The number of rotatable bonds is 7. The first-order valence-corrected chi connectivity index (χ1v) is 12.5. The summed E-state index contributed by atoms with van der Waals surface area (Å²) in [6.07, 6.45) is 0. The monoisotopic (exact) mass is 479 g/mol. The van der Waals surface area contributed by atoms with Crippen molar-refractivity contribution in [2.24, 2.45) is 0 Å². The Kier molecular flexibility index (Phi) is 5.77. The Hall–Kier alpha value is -3.74. The van der Waals surface area contributed by atoms with Gasteiger partial charge in [-0.1, -0.05) is 30.3 Å². The van der Waals surface area contributed by atoms with E-state index in [-0.39, 0.29) is 18.8 Å². The maximum atomic E-state index is 13.0. The molecule has 1 atom stereocenters. The summed E-state index contributed by atoms with van der Waals surface area (Å²) in [5, 5.41) is 0.486. The second kappa shape index (κ2) is 8.89. The third-order valence-corrected chi connectivity index (χ3v) is 6.47. The highest BCUT2D eigenvalue weighted by molar-refractivity contribution is 7.53. The largest absolute Gasteiger partial charge is 0.497 e. The highest BCUT2D eigenvalue weighted by Gasteiger charge is 2.21. The van der Waals surface area contributed by atoms with Gasteiger partial charge >= 0.3 is 7.60 Å². The van der Waals surface area contributed by atoms with Crippen molar-refractivity contribution < 1.29 is 27.8 Å². The van der Waals surface area contributed by atoms with E-state index in [0.717, 1.165) is 5.56 Å². The molecular weight excluding hydrogens is 457 g/mol. The van der Waals surface area contributed by atoms with Gasteiger partial charge in [-0.3, -0.25) is 9.32 Å². The van der Waals surface area contributed by atoms with Gasteiger partial charge in [-0.2, -0.15) is 0 Å². The molecule has 1 aliphatic heterocycles. The molecule has 0 fully saturated rings. The van der Waals surface area contributed by atoms with Gasteiger partial charge in [-0.15, -0.1) is 0 Å². The van der Waals surface area contributed by atoms with Crippen molar-refractivity contribution in [3.8, 4) is 34.3 Å². The molecule has 0 aliphatic carbocycles. The van der Waals surface area contributed by atoms with E-state index in [1.54, 1.807) is 30.3 Å². The molecule has 1 unspecified atom stereocenters. The summed E-state index contributed by atoms with van der Waals surface area (Å²) in [4.78, 5) is 16.1. The molecule has 9 heteroatoms. The predicted molar refractivity (Wildman–Crippen MR) is 128 cm³/mol. The minimum absolute atomic E-state index is 0.118. The number of aromatic amines is 1. The molecule has 2 heterocycles. The second-order valence-corrected chi connectivity index (χ2v) is 9.80. The summed E-state index contributed by atoms with van der Waals surface area (Å²) in [6.45, 7) is 1.68. The van der Waals surface area contributed by atoms with E-state index in [9.17, 15) is 9.36 Å². The van der Waals surface area contributed by atoms with Crippen molar-refractivity contribution in [3.05, 3.63) is 82.5 Å². The molecule has 34 heavy (non-hydrogen) atoms. The SMILES string of the molecule is COc1cc(OP(C)(=O)OCc2ccccc2)cc(-c2cc(=O)c3cc4c(cc3[nH]2)OCO4)c1. The van der Waals surface area contributed by atoms with Crippen LogP contribution < -0.4 is 24.2 Å². The second-order valence-electron chi connectivity index (χ2n) is 7.82. The van der Waals surface area contributed by atoms with E-state index in [2.05, 4.69) is 4.98 Å². The highest BCUT2D eigenvalue weighted by atomic mass is 31.2. The standard InChI is InChI=1S/C25H22NO7P/c1-29-18-8-17(9-19(10-18)33-34(2,28)32-14-16-6-4-3-5-7-16)21-12-23(27)20-11-24-25(31-15-30-24)13-22(20)26-21/h3-13H,14-15H2,1-2H3,(H,26,27). The first-order chi connectivity index (χ1) is 16.4. The molecule has 0 bridgehead atoms. The number of pyridine rings is 1. The minimum Gasteiger partial charge on any atom is -0.497 e. The van der Waals surface area contributed by atoms with Gasteiger partial charge in [0.05, 0.1) is 19.2 Å². The number of hydrogen-bond donors (Lipinski definition) is 1. The molecule has 5 rings (SSSR count). The fourth-order valence-electron chi connectivity index (χ4n) is 3.68. The lowest BCUT2D eigenvalue weighted by atomic mass is 10.1. The zero-order valence-corrected chi connectivity index (χ0v) is 19.5. The third-order valence-electron chi connectivity index (χ3n) is 5.33. The molecule has 174 valence electrons. The number of aromatic nitrogens is 1. The van der Waals surface area contributed by atoms with Gasteiger partial charge in [0.15, 0.2) is 16.9 Å². The number of fused-ring (bicyclic) bond motifs is 2. The van der Waals surface area contributed by atoms with Crippen molar-refractivity contribution in [2.45, 2.75) is 6.61 Å². The van der Waals surface area contributed by atoms with Crippen LogP contribution in [-0.2, 0) is 15.7 Å². The van der Waals surface area contributed by atoms with E-state index in [1.807, 2.05) is 30.3 Å². The van der Waals surface area contributed by atoms with Gasteiger partial charge in [0.1, 0.15) is 11.5 Å². The van der Waals surface area contributed by atoms with E-state index in [4.69, 9.17) is 23.3 Å². The van der Waals surface area contributed by atoms with Gasteiger partial charge in [0.25, 0.3) is 0 Å². The molecule has 1 aromatic heterocycles. The van der Waals surface area contributed by atoms with Gasteiger partial charge in [0.2, 0.25) is 6.79 Å². The fourth-order valence-corrected chi connectivity index (χ4v) is 4.60. The topological polar surface area (TPSA) is 96.1 Å². The van der Waals surface area contributed by atoms with Gasteiger partial charge in [-0.25, -0.2) is 4.57 Å². The van der Waals surface area contributed by atoms with Crippen LogP contribution in [0.5, 0.6) is 23.0 Å². The Bertz CT molecular complexity index is 1470. The summed E-state index contributed by atoms with van der Waals surface area (Å²) >= 11 is 0. The van der Waals surface area contributed by atoms with Crippen molar-refractivity contribution in [1.29, 1.82) is 0 Å². The molecule has 1 N–H and O–H groups in total. The van der Waals surface area contributed by atoms with Crippen LogP contribution in [0.1, 0.15) is 5.56 Å². The van der Waals surface area contributed by atoms with Crippen LogP contribution in [0.3, 0.4) is 0 Å². The Morgan fingerprint density at radius 2 is 1.71 bits per heavy atom. The molecule has 0 radical (unpaired) electrons. The lowest BCUT2D eigenvalue weighted by Crippen LogP contribution is -2.03. The maximum Gasteiger partial charge on any atom is 0.376 e. The molecule has 3 aromatic carbocycles. The maximum absolute atomic E-state index is 13.0. The van der Waals surface area contributed by atoms with E-state index in [1.165, 1.54) is 19.8 Å². The molecule has 0 saturated carbocycles. The van der Waals surface area contributed by atoms with Crippen LogP contribution in [-0.4, -0.2) is 25.6 Å². The normalized spacial score (nSPS) is 14.1. The number of hydrogen-bond acceptors (Lipinski definition) is 7. The predicted octanol–water partition coefficient (Wildman–Crippen LogP) is 5.35. The first kappa shape index (κ1) is 22.1.